The van der Waals surface area contributed by atoms with E-state index in [-0.39, 0.29) is 17.2 Å². The van der Waals surface area contributed by atoms with Gasteiger partial charge in [0.1, 0.15) is 5.37 Å². The average molecular weight is 417 g/mol. The largest absolute Gasteiger partial charge is 0.371 e. The Hall–Kier alpha value is -3.58. The molecule has 6 nitrogen and oxygen atoms in total. The molecule has 2 amide bonds. The molecule has 0 aliphatic carbocycles. The number of hydrogen-bond donors (Lipinski definition) is 3. The van der Waals surface area contributed by atoms with E-state index in [4.69, 9.17) is 0 Å². The third-order valence-electron chi connectivity index (χ3n) is 4.51. The molecule has 0 spiro atoms. The quantitative estimate of drug-likeness (QED) is 0.522. The predicted molar refractivity (Wildman–Crippen MR) is 119 cm³/mol. The summed E-state index contributed by atoms with van der Waals surface area (Å²) in [4.78, 5) is 29.0. The second-order valence-electron chi connectivity index (χ2n) is 6.67. The van der Waals surface area contributed by atoms with E-state index in [0.717, 1.165) is 11.3 Å². The number of pyridine rings is 1. The van der Waals surface area contributed by atoms with Gasteiger partial charge < -0.3 is 16.0 Å². The van der Waals surface area contributed by atoms with E-state index in [1.54, 1.807) is 54.4 Å². The van der Waals surface area contributed by atoms with Gasteiger partial charge in [0.05, 0.1) is 6.54 Å². The van der Waals surface area contributed by atoms with E-state index in [9.17, 15) is 9.59 Å². The zero-order chi connectivity index (χ0) is 20.8. The monoisotopic (exact) mass is 416 g/mol. The van der Waals surface area contributed by atoms with Gasteiger partial charge in [-0.25, -0.2) is 4.79 Å². The maximum absolute atomic E-state index is 12.6. The third-order valence-corrected chi connectivity index (χ3v) is 5.59. The molecule has 4 rings (SSSR count). The fourth-order valence-electron chi connectivity index (χ4n) is 3.02. The zero-order valence-corrected chi connectivity index (χ0v) is 16.9. The van der Waals surface area contributed by atoms with Crippen molar-refractivity contribution < 1.29 is 9.59 Å². The molecule has 0 radical (unpaired) electrons. The summed E-state index contributed by atoms with van der Waals surface area (Å²) >= 11 is 1.64. The summed E-state index contributed by atoms with van der Waals surface area (Å²) in [5.41, 5.74) is 3.70. The number of benzene rings is 2. The van der Waals surface area contributed by atoms with E-state index in [1.165, 1.54) is 0 Å². The van der Waals surface area contributed by atoms with Crippen molar-refractivity contribution in [3.63, 3.8) is 0 Å². The molecule has 1 aromatic heterocycles. The molecule has 1 atom stereocenters. The molecule has 0 bridgehead atoms. The number of aromatic nitrogens is 1. The van der Waals surface area contributed by atoms with Crippen LogP contribution in [0.2, 0.25) is 0 Å². The molecule has 3 aromatic rings. The Bertz CT molecular complexity index is 1070. The van der Waals surface area contributed by atoms with Crippen LogP contribution in [0.5, 0.6) is 0 Å². The molecule has 7 heteroatoms. The van der Waals surface area contributed by atoms with Crippen LogP contribution in [-0.2, 0) is 0 Å². The van der Waals surface area contributed by atoms with Gasteiger partial charge in [-0.1, -0.05) is 48.5 Å². The van der Waals surface area contributed by atoms with Crippen LogP contribution in [0.15, 0.2) is 90.2 Å². The van der Waals surface area contributed by atoms with Crippen molar-refractivity contribution in [2.75, 3.05) is 11.9 Å². The molecule has 150 valence electrons. The van der Waals surface area contributed by atoms with Crippen molar-refractivity contribution in [2.45, 2.75) is 5.37 Å². The Labute approximate surface area is 178 Å². The minimum atomic E-state index is -0.336. The highest BCUT2D eigenvalue weighted by atomic mass is 32.2. The molecular weight excluding hydrogens is 396 g/mol. The lowest BCUT2D eigenvalue weighted by Crippen LogP contribution is -2.33. The van der Waals surface area contributed by atoms with E-state index >= 15 is 0 Å². The molecule has 2 aromatic carbocycles. The summed E-state index contributed by atoms with van der Waals surface area (Å²) in [5.74, 6) is -0.0848. The average Bonchev–Trinajstić information content (AvgIpc) is 3.28. The van der Waals surface area contributed by atoms with Crippen LogP contribution in [0.1, 0.15) is 26.9 Å². The van der Waals surface area contributed by atoms with Crippen molar-refractivity contribution in [2.24, 2.45) is 0 Å². The minimum absolute atomic E-state index is 0.0848. The SMILES string of the molecule is O=C(NCC1=CSC(c2cccnc2)N1)Nc1cccc(C(=O)c2ccccc2)c1. The molecule has 0 fully saturated rings. The highest BCUT2D eigenvalue weighted by Crippen LogP contribution is 2.33. The summed E-state index contributed by atoms with van der Waals surface area (Å²) in [6.07, 6.45) is 3.57. The number of urea groups is 1. The molecule has 1 aliphatic heterocycles. The van der Waals surface area contributed by atoms with Gasteiger partial charge in [0.2, 0.25) is 0 Å². The van der Waals surface area contributed by atoms with Gasteiger partial charge in [-0.05, 0) is 23.6 Å². The van der Waals surface area contributed by atoms with Crippen LogP contribution in [0.3, 0.4) is 0 Å². The summed E-state index contributed by atoms with van der Waals surface area (Å²) < 4.78 is 0. The molecule has 1 unspecified atom stereocenters. The van der Waals surface area contributed by atoms with E-state index in [2.05, 4.69) is 20.9 Å². The Balaban J connectivity index is 1.30. The fraction of sp³-hybridized carbons (Fsp3) is 0.0870. The highest BCUT2D eigenvalue weighted by Gasteiger charge is 2.18. The van der Waals surface area contributed by atoms with E-state index < -0.39 is 0 Å². The third kappa shape index (κ3) is 4.87. The lowest BCUT2D eigenvalue weighted by molar-refractivity contribution is 0.103. The molecule has 0 saturated carbocycles. The Morgan fingerprint density at radius 2 is 1.83 bits per heavy atom. The standard InChI is InChI=1S/C23H20N4O2S/c28-21(16-6-2-1-3-7-16)17-8-4-10-19(12-17)27-23(29)25-14-20-15-30-22(26-20)18-9-5-11-24-13-18/h1-13,15,22,26H,14H2,(H2,25,27,29). The van der Waals surface area contributed by atoms with Gasteiger partial charge in [0.25, 0.3) is 0 Å². The normalized spacial score (nSPS) is 15.1. The minimum Gasteiger partial charge on any atom is -0.371 e. The van der Waals surface area contributed by atoms with E-state index in [1.807, 2.05) is 41.9 Å². The van der Waals surface area contributed by atoms with Crippen molar-refractivity contribution in [3.05, 3.63) is 107 Å². The number of nitrogens with one attached hydrogen (secondary N) is 3. The topological polar surface area (TPSA) is 83.1 Å². The fourth-order valence-corrected chi connectivity index (χ4v) is 3.99. The number of thioether (sulfide) groups is 1. The molecule has 3 N–H and O–H groups in total. The predicted octanol–water partition coefficient (Wildman–Crippen LogP) is 4.31. The summed E-state index contributed by atoms with van der Waals surface area (Å²) in [6.45, 7) is 0.373. The lowest BCUT2D eigenvalue weighted by Gasteiger charge is -2.13. The number of ketones is 1. The van der Waals surface area contributed by atoms with Crippen LogP contribution in [0, 0.1) is 0 Å². The number of rotatable bonds is 6. The zero-order valence-electron chi connectivity index (χ0n) is 16.0. The highest BCUT2D eigenvalue weighted by molar-refractivity contribution is 8.02. The van der Waals surface area contributed by atoms with E-state index in [0.29, 0.717) is 23.4 Å². The number of hydrogen-bond acceptors (Lipinski definition) is 5. The first-order chi connectivity index (χ1) is 14.7. The molecule has 1 aliphatic rings. The molecule has 30 heavy (non-hydrogen) atoms. The van der Waals surface area contributed by atoms with Gasteiger partial charge in [-0.2, -0.15) is 0 Å². The Morgan fingerprint density at radius 1 is 1.00 bits per heavy atom. The Morgan fingerprint density at radius 3 is 2.63 bits per heavy atom. The van der Waals surface area contributed by atoms with Gasteiger partial charge in [-0.15, -0.1) is 11.8 Å². The lowest BCUT2D eigenvalue weighted by atomic mass is 10.0. The first-order valence-electron chi connectivity index (χ1n) is 9.45. The van der Waals surface area contributed by atoms with Crippen LogP contribution in [0.25, 0.3) is 0 Å². The number of anilines is 1. The van der Waals surface area contributed by atoms with Crippen LogP contribution in [0.4, 0.5) is 10.5 Å². The van der Waals surface area contributed by atoms with Gasteiger partial charge in [0.15, 0.2) is 5.78 Å². The summed E-state index contributed by atoms with van der Waals surface area (Å²) in [6, 6.07) is 19.6. The first kappa shape index (κ1) is 19.7. The number of carbonyl (C=O) groups excluding carboxylic acids is 2. The summed E-state index contributed by atoms with van der Waals surface area (Å²) in [7, 11) is 0. The molecule has 2 heterocycles. The van der Waals surface area contributed by atoms with Crippen molar-refractivity contribution in [3.8, 4) is 0 Å². The van der Waals surface area contributed by atoms with Crippen molar-refractivity contribution in [1.29, 1.82) is 0 Å². The van der Waals surface area contributed by atoms with Crippen molar-refractivity contribution in [1.82, 2.24) is 15.6 Å². The second-order valence-corrected chi connectivity index (χ2v) is 7.65. The Kier molecular flexibility index (Phi) is 6.10. The van der Waals surface area contributed by atoms with Crippen LogP contribution < -0.4 is 16.0 Å². The smallest absolute Gasteiger partial charge is 0.319 e. The maximum atomic E-state index is 12.6. The number of nitrogens with zero attached hydrogens (tertiary/aromatic N) is 1. The van der Waals surface area contributed by atoms with Crippen molar-refractivity contribution >= 4 is 29.3 Å². The van der Waals surface area contributed by atoms with Crippen LogP contribution >= 0.6 is 11.8 Å². The second kappa shape index (κ2) is 9.28. The maximum Gasteiger partial charge on any atom is 0.319 e. The number of carbonyl (C=O) groups is 2. The molecule has 0 saturated heterocycles. The van der Waals surface area contributed by atoms with Gasteiger partial charge in [0, 0.05) is 40.5 Å². The first-order valence-corrected chi connectivity index (χ1v) is 10.4. The molecular formula is C23H20N4O2S. The van der Waals surface area contributed by atoms with Gasteiger partial charge >= 0.3 is 6.03 Å². The summed E-state index contributed by atoms with van der Waals surface area (Å²) in [5, 5.41) is 11.1. The number of amides is 2. The van der Waals surface area contributed by atoms with Gasteiger partial charge in [-0.3, -0.25) is 9.78 Å². The van der Waals surface area contributed by atoms with Crippen LogP contribution in [-0.4, -0.2) is 23.3 Å².